The number of fused-ring (bicyclic) bond motifs is 1. The molecule has 3 nitrogen and oxygen atoms in total. The quantitative estimate of drug-likeness (QED) is 0.862. The minimum absolute atomic E-state index is 0.236. The molecule has 0 bridgehead atoms. The molecule has 0 amide bonds. The van der Waals surface area contributed by atoms with Crippen molar-refractivity contribution in [3.63, 3.8) is 0 Å². The van der Waals surface area contributed by atoms with E-state index >= 15 is 0 Å². The second kappa shape index (κ2) is 7.47. The molecule has 2 unspecified atom stereocenters. The van der Waals surface area contributed by atoms with Crippen molar-refractivity contribution in [1.29, 1.82) is 0 Å². The summed E-state index contributed by atoms with van der Waals surface area (Å²) in [7, 11) is 0. The smallest absolute Gasteiger partial charge is 0.0964 e. The number of likely N-dealkylation sites (tertiary alicyclic amines) is 1. The van der Waals surface area contributed by atoms with Gasteiger partial charge in [0.25, 0.3) is 0 Å². The first-order valence-corrected chi connectivity index (χ1v) is 8.95. The van der Waals surface area contributed by atoms with Gasteiger partial charge >= 0.3 is 0 Å². The van der Waals surface area contributed by atoms with Crippen LogP contribution in [0.1, 0.15) is 23.5 Å². The predicted molar refractivity (Wildman–Crippen MR) is 95.3 cm³/mol. The highest BCUT2D eigenvalue weighted by atomic mass is 16.6. The summed E-state index contributed by atoms with van der Waals surface area (Å²) >= 11 is 0. The van der Waals surface area contributed by atoms with Crippen LogP contribution in [0.2, 0.25) is 0 Å². The molecule has 24 heavy (non-hydrogen) atoms. The first-order valence-electron chi connectivity index (χ1n) is 8.95. The van der Waals surface area contributed by atoms with Crippen molar-refractivity contribution in [2.45, 2.75) is 24.5 Å². The molecule has 2 aromatic carbocycles. The second-order valence-electron chi connectivity index (χ2n) is 6.74. The van der Waals surface area contributed by atoms with Crippen molar-refractivity contribution < 1.29 is 9.47 Å². The van der Waals surface area contributed by atoms with Crippen LogP contribution >= 0.6 is 0 Å². The topological polar surface area (TPSA) is 21.7 Å². The van der Waals surface area contributed by atoms with E-state index in [-0.39, 0.29) is 6.10 Å². The molecule has 4 rings (SSSR count). The second-order valence-corrected chi connectivity index (χ2v) is 6.74. The Morgan fingerprint density at radius 2 is 1.42 bits per heavy atom. The molecule has 0 spiro atoms. The Bertz CT molecular complexity index is 591. The summed E-state index contributed by atoms with van der Waals surface area (Å²) < 4.78 is 11.8. The summed E-state index contributed by atoms with van der Waals surface area (Å²) in [6.45, 7) is 4.57. The number of benzene rings is 2. The highest BCUT2D eigenvalue weighted by Gasteiger charge is 2.34. The van der Waals surface area contributed by atoms with Gasteiger partial charge in [0.05, 0.1) is 25.4 Å². The average Bonchev–Trinajstić information content (AvgIpc) is 2.67. The molecule has 2 aromatic rings. The predicted octanol–water partition coefficient (Wildman–Crippen LogP) is 3.31. The Morgan fingerprint density at radius 1 is 0.833 bits per heavy atom. The largest absolute Gasteiger partial charge is 0.373 e. The van der Waals surface area contributed by atoms with E-state index in [1.54, 1.807) is 0 Å². The highest BCUT2D eigenvalue weighted by Crippen LogP contribution is 2.28. The number of hydrogen-bond donors (Lipinski definition) is 0. The van der Waals surface area contributed by atoms with E-state index in [1.807, 2.05) is 0 Å². The standard InChI is InChI=1S/C21H25NO2/c1-3-7-17(8-4-1)19(18-9-5-2-6-10-18)15-22-12-11-20-21(16-22)24-14-13-23-20/h1-10,19-21H,11-16H2. The summed E-state index contributed by atoms with van der Waals surface area (Å²) in [5, 5.41) is 0. The minimum atomic E-state index is 0.236. The van der Waals surface area contributed by atoms with Crippen LogP contribution in [0.25, 0.3) is 0 Å². The number of piperidine rings is 1. The van der Waals surface area contributed by atoms with Gasteiger partial charge in [0.2, 0.25) is 0 Å². The molecule has 0 saturated carbocycles. The molecule has 126 valence electrons. The number of hydrogen-bond acceptors (Lipinski definition) is 3. The molecule has 2 heterocycles. The Labute approximate surface area is 144 Å². The van der Waals surface area contributed by atoms with Crippen LogP contribution < -0.4 is 0 Å². The molecule has 2 aliphatic heterocycles. The molecular formula is C21H25NO2. The van der Waals surface area contributed by atoms with Crippen LogP contribution in [0, 0.1) is 0 Å². The van der Waals surface area contributed by atoms with Gasteiger partial charge in [-0.25, -0.2) is 0 Å². The molecule has 0 aromatic heterocycles. The van der Waals surface area contributed by atoms with Crippen LogP contribution in [-0.2, 0) is 9.47 Å². The Balaban J connectivity index is 1.52. The summed E-state index contributed by atoms with van der Waals surface area (Å²) in [6, 6.07) is 21.7. The lowest BCUT2D eigenvalue weighted by Crippen LogP contribution is -2.52. The lowest BCUT2D eigenvalue weighted by molar-refractivity contribution is -0.165. The molecule has 0 N–H and O–H groups in total. The first kappa shape index (κ1) is 15.8. The summed E-state index contributed by atoms with van der Waals surface area (Å²) in [5.74, 6) is 0.397. The van der Waals surface area contributed by atoms with Gasteiger partial charge in [-0.3, -0.25) is 4.90 Å². The molecule has 0 aliphatic carbocycles. The maximum Gasteiger partial charge on any atom is 0.0964 e. The third kappa shape index (κ3) is 3.54. The SMILES string of the molecule is c1ccc(C(CN2CCC3OCCOC3C2)c2ccccc2)cc1. The van der Waals surface area contributed by atoms with E-state index in [0.29, 0.717) is 12.0 Å². The third-order valence-electron chi connectivity index (χ3n) is 5.17. The van der Waals surface area contributed by atoms with Crippen LogP contribution in [0.3, 0.4) is 0 Å². The van der Waals surface area contributed by atoms with Gasteiger partial charge in [-0.15, -0.1) is 0 Å². The molecular weight excluding hydrogens is 298 g/mol. The lowest BCUT2D eigenvalue weighted by atomic mass is 9.90. The Morgan fingerprint density at radius 3 is 2.04 bits per heavy atom. The summed E-state index contributed by atoms with van der Waals surface area (Å²) in [6.07, 6.45) is 1.60. The highest BCUT2D eigenvalue weighted by molar-refractivity contribution is 5.32. The van der Waals surface area contributed by atoms with E-state index in [4.69, 9.17) is 9.47 Å². The van der Waals surface area contributed by atoms with E-state index in [2.05, 4.69) is 65.6 Å². The summed E-state index contributed by atoms with van der Waals surface area (Å²) in [4.78, 5) is 2.54. The van der Waals surface area contributed by atoms with Gasteiger partial charge in [0.1, 0.15) is 0 Å². The molecule has 2 atom stereocenters. The van der Waals surface area contributed by atoms with Gasteiger partial charge in [0.15, 0.2) is 0 Å². The van der Waals surface area contributed by atoms with Gasteiger partial charge in [-0.1, -0.05) is 60.7 Å². The van der Waals surface area contributed by atoms with Gasteiger partial charge in [-0.2, -0.15) is 0 Å². The Hall–Kier alpha value is -1.68. The van der Waals surface area contributed by atoms with Crippen molar-refractivity contribution in [1.82, 2.24) is 4.90 Å². The number of ether oxygens (including phenoxy) is 2. The average molecular weight is 323 g/mol. The summed E-state index contributed by atoms with van der Waals surface area (Å²) in [5.41, 5.74) is 2.76. The van der Waals surface area contributed by atoms with Crippen molar-refractivity contribution in [2.24, 2.45) is 0 Å². The normalized spacial score (nSPS) is 24.7. The van der Waals surface area contributed by atoms with Crippen molar-refractivity contribution >= 4 is 0 Å². The number of rotatable bonds is 4. The van der Waals surface area contributed by atoms with Crippen LogP contribution in [-0.4, -0.2) is 50.0 Å². The monoisotopic (exact) mass is 323 g/mol. The maximum absolute atomic E-state index is 5.94. The lowest BCUT2D eigenvalue weighted by Gasteiger charge is -2.41. The van der Waals surface area contributed by atoms with Crippen molar-refractivity contribution in [3.05, 3.63) is 71.8 Å². The fourth-order valence-corrected chi connectivity index (χ4v) is 3.91. The zero-order valence-electron chi connectivity index (χ0n) is 14.0. The van der Waals surface area contributed by atoms with E-state index < -0.39 is 0 Å². The fourth-order valence-electron chi connectivity index (χ4n) is 3.91. The third-order valence-corrected chi connectivity index (χ3v) is 5.17. The van der Waals surface area contributed by atoms with E-state index in [9.17, 15) is 0 Å². The number of nitrogens with zero attached hydrogens (tertiary/aromatic N) is 1. The van der Waals surface area contributed by atoms with E-state index in [0.717, 1.165) is 39.3 Å². The zero-order chi connectivity index (χ0) is 16.2. The Kier molecular flexibility index (Phi) is 4.93. The maximum atomic E-state index is 5.94. The molecule has 3 heteroatoms. The van der Waals surface area contributed by atoms with E-state index in [1.165, 1.54) is 11.1 Å². The first-order chi connectivity index (χ1) is 11.9. The molecule has 2 fully saturated rings. The molecule has 0 radical (unpaired) electrons. The van der Waals surface area contributed by atoms with Gasteiger partial charge in [0, 0.05) is 25.6 Å². The van der Waals surface area contributed by atoms with Crippen LogP contribution in [0.4, 0.5) is 0 Å². The molecule has 2 aliphatic rings. The van der Waals surface area contributed by atoms with Crippen molar-refractivity contribution in [2.75, 3.05) is 32.8 Å². The van der Waals surface area contributed by atoms with Crippen molar-refractivity contribution in [3.8, 4) is 0 Å². The van der Waals surface area contributed by atoms with Gasteiger partial charge < -0.3 is 9.47 Å². The van der Waals surface area contributed by atoms with Crippen LogP contribution in [0.15, 0.2) is 60.7 Å². The van der Waals surface area contributed by atoms with Gasteiger partial charge in [-0.05, 0) is 17.5 Å². The van der Waals surface area contributed by atoms with Crippen LogP contribution in [0.5, 0.6) is 0 Å². The zero-order valence-corrected chi connectivity index (χ0v) is 14.0. The minimum Gasteiger partial charge on any atom is -0.373 e. The molecule has 2 saturated heterocycles. The fraction of sp³-hybridized carbons (Fsp3) is 0.429.